The van der Waals surface area contributed by atoms with Gasteiger partial charge in [-0.3, -0.25) is 9.59 Å². The zero-order chi connectivity index (χ0) is 9.00. The first-order valence-corrected chi connectivity index (χ1v) is 5.05. The van der Waals surface area contributed by atoms with Crippen LogP contribution < -0.4 is 0 Å². The molecule has 0 aromatic heterocycles. The molecule has 1 saturated carbocycles. The lowest BCUT2D eigenvalue weighted by atomic mass is 9.91. The van der Waals surface area contributed by atoms with Crippen molar-refractivity contribution in [2.24, 2.45) is 11.8 Å². The Labute approximate surface area is 77.0 Å². The lowest BCUT2D eigenvalue weighted by molar-refractivity contribution is -0.122. The maximum absolute atomic E-state index is 11.6. The smallest absolute Gasteiger partial charge is 0.159 e. The lowest BCUT2D eigenvalue weighted by Gasteiger charge is -2.10. The molecule has 3 aliphatic rings. The molecule has 0 aromatic carbocycles. The Bertz CT molecular complexity index is 338. The summed E-state index contributed by atoms with van der Waals surface area (Å²) in [7, 11) is 0. The summed E-state index contributed by atoms with van der Waals surface area (Å²) in [5.41, 5.74) is 2.25. The van der Waals surface area contributed by atoms with E-state index in [-0.39, 0.29) is 11.7 Å². The van der Waals surface area contributed by atoms with Crippen LogP contribution in [-0.4, -0.2) is 11.6 Å². The third-order valence-electron chi connectivity index (χ3n) is 3.73. The van der Waals surface area contributed by atoms with Crippen LogP contribution in [0.25, 0.3) is 0 Å². The highest BCUT2D eigenvalue weighted by Gasteiger charge is 2.47. The van der Waals surface area contributed by atoms with E-state index >= 15 is 0 Å². The molecular weight excluding hydrogens is 164 g/mol. The summed E-state index contributed by atoms with van der Waals surface area (Å²) in [6, 6.07) is 0. The minimum Gasteiger partial charge on any atom is -0.299 e. The molecule has 0 spiro atoms. The third kappa shape index (κ3) is 0.835. The second kappa shape index (κ2) is 2.31. The van der Waals surface area contributed by atoms with E-state index in [2.05, 4.69) is 0 Å². The molecule has 0 aliphatic heterocycles. The summed E-state index contributed by atoms with van der Waals surface area (Å²) in [6.07, 6.45) is 4.37. The van der Waals surface area contributed by atoms with Gasteiger partial charge < -0.3 is 0 Å². The summed E-state index contributed by atoms with van der Waals surface area (Å²) in [5, 5.41) is 0. The van der Waals surface area contributed by atoms with Gasteiger partial charge in [0, 0.05) is 24.3 Å². The van der Waals surface area contributed by atoms with Crippen LogP contribution in [0.15, 0.2) is 11.1 Å². The van der Waals surface area contributed by atoms with E-state index in [0.717, 1.165) is 24.8 Å². The van der Waals surface area contributed by atoms with Crippen LogP contribution in [0.2, 0.25) is 0 Å². The van der Waals surface area contributed by atoms with Crippen molar-refractivity contribution < 1.29 is 9.59 Å². The van der Waals surface area contributed by atoms with Crippen LogP contribution in [0.1, 0.15) is 32.1 Å². The topological polar surface area (TPSA) is 34.1 Å². The van der Waals surface area contributed by atoms with E-state index < -0.39 is 0 Å². The van der Waals surface area contributed by atoms with Gasteiger partial charge in [-0.1, -0.05) is 5.57 Å². The van der Waals surface area contributed by atoms with Gasteiger partial charge in [0.1, 0.15) is 5.78 Å². The standard InChI is InChI=1S/C11H12O2/c12-8-3-1-6-5-7-2-4-9(13)11(7)10(6)8/h6,10H,1-5H2. The first kappa shape index (κ1) is 7.48. The van der Waals surface area contributed by atoms with Crippen molar-refractivity contribution in [3.05, 3.63) is 11.1 Å². The SMILES string of the molecule is O=C1CCC2=C1C1C(=O)CCC1C2. The summed E-state index contributed by atoms with van der Waals surface area (Å²) >= 11 is 0. The van der Waals surface area contributed by atoms with Crippen LogP contribution in [0.3, 0.4) is 0 Å². The molecule has 0 N–H and O–H groups in total. The van der Waals surface area contributed by atoms with Crippen LogP contribution in [0.5, 0.6) is 0 Å². The maximum Gasteiger partial charge on any atom is 0.159 e. The van der Waals surface area contributed by atoms with Gasteiger partial charge in [-0.2, -0.15) is 0 Å². The first-order valence-electron chi connectivity index (χ1n) is 5.05. The molecule has 0 saturated heterocycles. The highest BCUT2D eigenvalue weighted by molar-refractivity contribution is 6.06. The molecule has 0 bridgehead atoms. The Morgan fingerprint density at radius 2 is 1.92 bits per heavy atom. The quantitative estimate of drug-likeness (QED) is 0.562. The molecule has 3 aliphatic carbocycles. The average molecular weight is 176 g/mol. The van der Waals surface area contributed by atoms with Gasteiger partial charge in [0.15, 0.2) is 5.78 Å². The lowest BCUT2D eigenvalue weighted by Crippen LogP contribution is -2.16. The molecule has 2 nitrogen and oxygen atoms in total. The Kier molecular flexibility index (Phi) is 1.33. The van der Waals surface area contributed by atoms with Crippen molar-refractivity contribution >= 4 is 11.6 Å². The average Bonchev–Trinajstić information content (AvgIpc) is 2.69. The van der Waals surface area contributed by atoms with Crippen molar-refractivity contribution in [3.63, 3.8) is 0 Å². The van der Waals surface area contributed by atoms with Gasteiger partial charge >= 0.3 is 0 Å². The zero-order valence-electron chi connectivity index (χ0n) is 7.51. The third-order valence-corrected chi connectivity index (χ3v) is 3.73. The summed E-state index contributed by atoms with van der Waals surface area (Å²) in [5.74, 6) is 1.12. The van der Waals surface area contributed by atoms with E-state index in [0.29, 0.717) is 24.5 Å². The number of rotatable bonds is 0. The van der Waals surface area contributed by atoms with E-state index in [1.807, 2.05) is 0 Å². The number of carbonyl (C=O) groups is 2. The molecular formula is C11H12O2. The van der Waals surface area contributed by atoms with Crippen molar-refractivity contribution in [3.8, 4) is 0 Å². The molecule has 2 atom stereocenters. The van der Waals surface area contributed by atoms with Gasteiger partial charge in [0.2, 0.25) is 0 Å². The molecule has 1 fully saturated rings. The number of Topliss-reactive ketones (excluding diaryl/α,β-unsaturated/α-hetero) is 2. The van der Waals surface area contributed by atoms with Gasteiger partial charge in [-0.05, 0) is 25.2 Å². The first-order chi connectivity index (χ1) is 6.27. The molecule has 68 valence electrons. The van der Waals surface area contributed by atoms with Crippen LogP contribution in [0.4, 0.5) is 0 Å². The Balaban J connectivity index is 2.05. The second-order valence-corrected chi connectivity index (χ2v) is 4.39. The van der Waals surface area contributed by atoms with E-state index in [1.165, 1.54) is 5.57 Å². The molecule has 0 amide bonds. The Morgan fingerprint density at radius 3 is 2.77 bits per heavy atom. The fraction of sp³-hybridized carbons (Fsp3) is 0.636. The minimum absolute atomic E-state index is 0.0324. The van der Waals surface area contributed by atoms with Crippen LogP contribution >= 0.6 is 0 Å². The van der Waals surface area contributed by atoms with Gasteiger partial charge in [-0.15, -0.1) is 0 Å². The number of fused-ring (bicyclic) bond motifs is 2. The molecule has 2 heteroatoms. The van der Waals surface area contributed by atoms with Crippen molar-refractivity contribution in [2.75, 3.05) is 0 Å². The van der Waals surface area contributed by atoms with E-state index in [1.54, 1.807) is 0 Å². The predicted octanol–water partition coefficient (Wildman–Crippen LogP) is 1.64. The predicted molar refractivity (Wildman–Crippen MR) is 47.1 cm³/mol. The van der Waals surface area contributed by atoms with Gasteiger partial charge in [-0.25, -0.2) is 0 Å². The monoisotopic (exact) mass is 176 g/mol. The second-order valence-electron chi connectivity index (χ2n) is 4.39. The number of hydrogen-bond donors (Lipinski definition) is 0. The zero-order valence-corrected chi connectivity index (χ0v) is 7.51. The van der Waals surface area contributed by atoms with Gasteiger partial charge in [0.05, 0.1) is 0 Å². The fourth-order valence-electron chi connectivity index (χ4n) is 3.18. The molecule has 0 aromatic rings. The highest BCUT2D eigenvalue weighted by Crippen LogP contribution is 2.49. The maximum atomic E-state index is 11.6. The van der Waals surface area contributed by atoms with Crippen LogP contribution in [-0.2, 0) is 9.59 Å². The molecule has 0 radical (unpaired) electrons. The number of ketones is 2. The number of carbonyl (C=O) groups excluding carboxylic acids is 2. The molecule has 13 heavy (non-hydrogen) atoms. The number of hydrogen-bond acceptors (Lipinski definition) is 2. The summed E-state index contributed by atoms with van der Waals surface area (Å²) in [4.78, 5) is 23.1. The van der Waals surface area contributed by atoms with Crippen molar-refractivity contribution in [2.45, 2.75) is 32.1 Å². The molecule has 3 rings (SSSR count). The summed E-state index contributed by atoms with van der Waals surface area (Å²) < 4.78 is 0. The van der Waals surface area contributed by atoms with Crippen molar-refractivity contribution in [1.82, 2.24) is 0 Å². The normalized spacial score (nSPS) is 37.2. The molecule has 0 heterocycles. The van der Waals surface area contributed by atoms with Crippen molar-refractivity contribution in [1.29, 1.82) is 0 Å². The fourth-order valence-corrected chi connectivity index (χ4v) is 3.18. The van der Waals surface area contributed by atoms with E-state index in [4.69, 9.17) is 0 Å². The largest absolute Gasteiger partial charge is 0.299 e. The molecule has 2 unspecified atom stereocenters. The Hall–Kier alpha value is -0.920. The number of allylic oxidation sites excluding steroid dienone is 2. The van der Waals surface area contributed by atoms with E-state index in [9.17, 15) is 9.59 Å². The minimum atomic E-state index is 0.0324. The van der Waals surface area contributed by atoms with Crippen LogP contribution in [0, 0.1) is 11.8 Å². The van der Waals surface area contributed by atoms with Gasteiger partial charge in [0.25, 0.3) is 0 Å². The highest BCUT2D eigenvalue weighted by atomic mass is 16.1. The summed E-state index contributed by atoms with van der Waals surface area (Å²) in [6.45, 7) is 0. The Morgan fingerprint density at radius 1 is 1.08 bits per heavy atom.